The quantitative estimate of drug-likeness (QED) is 0.629. The lowest BCUT2D eigenvalue weighted by molar-refractivity contribution is 0.163. The molecular formula is C10H20N2O. The maximum Gasteiger partial charge on any atom is 0.0622 e. The van der Waals surface area contributed by atoms with Gasteiger partial charge in [0.15, 0.2) is 0 Å². The lowest BCUT2D eigenvalue weighted by atomic mass is 10.2. The molecule has 0 aromatic rings. The molecule has 1 fully saturated rings. The van der Waals surface area contributed by atoms with Crippen LogP contribution in [0.5, 0.6) is 0 Å². The molecule has 0 amide bonds. The number of nitrogens with zero attached hydrogens (tertiary/aromatic N) is 1. The molecule has 1 aliphatic heterocycles. The van der Waals surface area contributed by atoms with Crippen LogP contribution in [0.25, 0.3) is 0 Å². The SMILES string of the molecule is C=C(CNC)CN(C)C1CCOC1. The van der Waals surface area contributed by atoms with Crippen molar-refractivity contribution in [1.82, 2.24) is 10.2 Å². The Hall–Kier alpha value is -0.380. The van der Waals surface area contributed by atoms with Gasteiger partial charge >= 0.3 is 0 Å². The topological polar surface area (TPSA) is 24.5 Å². The van der Waals surface area contributed by atoms with Crippen LogP contribution in [0.3, 0.4) is 0 Å². The van der Waals surface area contributed by atoms with Crippen molar-refractivity contribution in [3.05, 3.63) is 12.2 Å². The summed E-state index contributed by atoms with van der Waals surface area (Å²) in [5.41, 5.74) is 1.23. The fraction of sp³-hybridized carbons (Fsp3) is 0.800. The highest BCUT2D eigenvalue weighted by atomic mass is 16.5. The summed E-state index contributed by atoms with van der Waals surface area (Å²) >= 11 is 0. The van der Waals surface area contributed by atoms with Gasteiger partial charge in [-0.1, -0.05) is 6.58 Å². The molecule has 1 atom stereocenters. The first kappa shape index (κ1) is 10.7. The van der Waals surface area contributed by atoms with Crippen molar-refractivity contribution in [3.63, 3.8) is 0 Å². The third-order valence-electron chi connectivity index (χ3n) is 2.43. The fourth-order valence-corrected chi connectivity index (χ4v) is 1.66. The first-order valence-corrected chi connectivity index (χ1v) is 4.83. The van der Waals surface area contributed by atoms with Gasteiger partial charge in [0.25, 0.3) is 0 Å². The van der Waals surface area contributed by atoms with Crippen LogP contribution in [0, 0.1) is 0 Å². The zero-order chi connectivity index (χ0) is 9.68. The Bertz CT molecular complexity index is 164. The molecule has 1 rings (SSSR count). The number of ether oxygens (including phenoxy) is 1. The second kappa shape index (κ2) is 5.37. The van der Waals surface area contributed by atoms with E-state index < -0.39 is 0 Å². The molecule has 1 saturated heterocycles. The Labute approximate surface area is 80.8 Å². The van der Waals surface area contributed by atoms with E-state index in [1.807, 2.05) is 7.05 Å². The molecule has 0 radical (unpaired) electrons. The second-order valence-electron chi connectivity index (χ2n) is 3.71. The van der Waals surface area contributed by atoms with Gasteiger partial charge in [-0.25, -0.2) is 0 Å². The summed E-state index contributed by atoms with van der Waals surface area (Å²) < 4.78 is 5.33. The normalized spacial score (nSPS) is 22.5. The van der Waals surface area contributed by atoms with Crippen LogP contribution in [0.15, 0.2) is 12.2 Å². The first-order valence-electron chi connectivity index (χ1n) is 4.83. The molecule has 0 bridgehead atoms. The zero-order valence-corrected chi connectivity index (χ0v) is 8.68. The van der Waals surface area contributed by atoms with Gasteiger partial charge in [0.2, 0.25) is 0 Å². The molecule has 0 aliphatic carbocycles. The summed E-state index contributed by atoms with van der Waals surface area (Å²) in [5, 5.41) is 3.11. The van der Waals surface area contributed by atoms with Crippen molar-refractivity contribution < 1.29 is 4.74 Å². The molecule has 1 heterocycles. The zero-order valence-electron chi connectivity index (χ0n) is 8.68. The van der Waals surface area contributed by atoms with E-state index in [0.717, 1.165) is 32.7 Å². The number of rotatable bonds is 5. The molecule has 0 aromatic carbocycles. The third-order valence-corrected chi connectivity index (χ3v) is 2.43. The lowest BCUT2D eigenvalue weighted by Gasteiger charge is -2.23. The van der Waals surface area contributed by atoms with Crippen LogP contribution < -0.4 is 5.32 Å². The molecule has 1 N–H and O–H groups in total. The van der Waals surface area contributed by atoms with Crippen LogP contribution in [0.4, 0.5) is 0 Å². The molecule has 76 valence electrons. The fourth-order valence-electron chi connectivity index (χ4n) is 1.66. The van der Waals surface area contributed by atoms with E-state index in [1.165, 1.54) is 5.57 Å². The predicted molar refractivity (Wildman–Crippen MR) is 54.9 cm³/mol. The Morgan fingerprint density at radius 3 is 3.00 bits per heavy atom. The first-order chi connectivity index (χ1) is 6.24. The number of hydrogen-bond donors (Lipinski definition) is 1. The van der Waals surface area contributed by atoms with E-state index in [0.29, 0.717) is 6.04 Å². The summed E-state index contributed by atoms with van der Waals surface area (Å²) in [4.78, 5) is 2.33. The monoisotopic (exact) mass is 184 g/mol. The van der Waals surface area contributed by atoms with Crippen molar-refractivity contribution in [2.24, 2.45) is 0 Å². The van der Waals surface area contributed by atoms with Gasteiger partial charge in [-0.3, -0.25) is 4.90 Å². The molecule has 3 heteroatoms. The molecule has 0 spiro atoms. The Kier molecular flexibility index (Phi) is 4.42. The summed E-state index contributed by atoms with van der Waals surface area (Å²) in [7, 11) is 4.09. The lowest BCUT2D eigenvalue weighted by Crippen LogP contribution is -2.34. The van der Waals surface area contributed by atoms with E-state index >= 15 is 0 Å². The van der Waals surface area contributed by atoms with Crippen molar-refractivity contribution >= 4 is 0 Å². The van der Waals surface area contributed by atoms with E-state index in [2.05, 4.69) is 23.8 Å². The van der Waals surface area contributed by atoms with Gasteiger partial charge in [-0.05, 0) is 26.1 Å². The maximum absolute atomic E-state index is 5.33. The number of likely N-dealkylation sites (N-methyl/N-ethyl adjacent to an activating group) is 2. The molecule has 0 aromatic heterocycles. The van der Waals surface area contributed by atoms with Crippen molar-refractivity contribution in [1.29, 1.82) is 0 Å². The summed E-state index contributed by atoms with van der Waals surface area (Å²) in [6.07, 6.45) is 1.16. The highest BCUT2D eigenvalue weighted by Gasteiger charge is 2.19. The van der Waals surface area contributed by atoms with Crippen molar-refractivity contribution in [2.45, 2.75) is 12.5 Å². The van der Waals surface area contributed by atoms with E-state index in [1.54, 1.807) is 0 Å². The average Bonchev–Trinajstić information content (AvgIpc) is 2.55. The summed E-state index contributed by atoms with van der Waals surface area (Å²) in [6.45, 7) is 7.67. The van der Waals surface area contributed by atoms with Crippen LogP contribution >= 0.6 is 0 Å². The average molecular weight is 184 g/mol. The molecule has 1 unspecified atom stereocenters. The molecule has 1 aliphatic rings. The minimum Gasteiger partial charge on any atom is -0.380 e. The summed E-state index contributed by atoms with van der Waals surface area (Å²) in [5.74, 6) is 0. The second-order valence-corrected chi connectivity index (χ2v) is 3.71. The van der Waals surface area contributed by atoms with Gasteiger partial charge in [-0.15, -0.1) is 0 Å². The Morgan fingerprint density at radius 1 is 1.69 bits per heavy atom. The van der Waals surface area contributed by atoms with Gasteiger partial charge < -0.3 is 10.1 Å². The minimum atomic E-state index is 0.591. The molecule has 0 saturated carbocycles. The minimum absolute atomic E-state index is 0.591. The highest BCUT2D eigenvalue weighted by Crippen LogP contribution is 2.11. The van der Waals surface area contributed by atoms with Crippen LogP contribution in [-0.2, 0) is 4.74 Å². The smallest absolute Gasteiger partial charge is 0.0622 e. The van der Waals surface area contributed by atoms with Crippen LogP contribution in [-0.4, -0.2) is 51.3 Å². The van der Waals surface area contributed by atoms with Gasteiger partial charge in [-0.2, -0.15) is 0 Å². The van der Waals surface area contributed by atoms with E-state index in [4.69, 9.17) is 4.74 Å². The Balaban J connectivity index is 2.22. The van der Waals surface area contributed by atoms with Crippen LogP contribution in [0.1, 0.15) is 6.42 Å². The summed E-state index contributed by atoms with van der Waals surface area (Å²) in [6, 6.07) is 0.591. The van der Waals surface area contributed by atoms with Crippen molar-refractivity contribution in [3.8, 4) is 0 Å². The van der Waals surface area contributed by atoms with Gasteiger partial charge in [0.05, 0.1) is 6.61 Å². The maximum atomic E-state index is 5.33. The standard InChI is InChI=1S/C10H20N2O/c1-9(6-11-2)7-12(3)10-4-5-13-8-10/h10-11H,1,4-8H2,2-3H3. The highest BCUT2D eigenvalue weighted by molar-refractivity contribution is 5.00. The van der Waals surface area contributed by atoms with E-state index in [9.17, 15) is 0 Å². The predicted octanol–water partition coefficient (Wildman–Crippen LogP) is 0.483. The largest absolute Gasteiger partial charge is 0.380 e. The Morgan fingerprint density at radius 2 is 2.46 bits per heavy atom. The van der Waals surface area contributed by atoms with Gasteiger partial charge in [0, 0.05) is 25.7 Å². The number of nitrogens with one attached hydrogen (secondary N) is 1. The van der Waals surface area contributed by atoms with Crippen molar-refractivity contribution in [2.75, 3.05) is 40.4 Å². The molecule has 3 nitrogen and oxygen atoms in total. The number of hydrogen-bond acceptors (Lipinski definition) is 3. The molecular weight excluding hydrogens is 164 g/mol. The van der Waals surface area contributed by atoms with Gasteiger partial charge in [0.1, 0.15) is 0 Å². The van der Waals surface area contributed by atoms with E-state index in [-0.39, 0.29) is 0 Å². The third kappa shape index (κ3) is 3.46. The molecule has 13 heavy (non-hydrogen) atoms. The van der Waals surface area contributed by atoms with Crippen LogP contribution in [0.2, 0.25) is 0 Å².